The molecule has 1 unspecified atom stereocenters. The quantitative estimate of drug-likeness (QED) is 0.855. The molecule has 0 aromatic heterocycles. The molecule has 0 aliphatic rings. The summed E-state index contributed by atoms with van der Waals surface area (Å²) in [5.41, 5.74) is 7.57. The zero-order valence-electron chi connectivity index (χ0n) is 11.1. The molecule has 0 spiro atoms. The van der Waals surface area contributed by atoms with Crippen molar-refractivity contribution in [2.75, 3.05) is 0 Å². The second kappa shape index (κ2) is 6.47. The Hall–Kier alpha value is -2.69. The molecule has 1 atom stereocenters. The lowest BCUT2D eigenvalue weighted by Gasteiger charge is -2.11. The van der Waals surface area contributed by atoms with Crippen molar-refractivity contribution in [3.8, 4) is 0 Å². The van der Waals surface area contributed by atoms with E-state index in [-0.39, 0.29) is 0 Å². The van der Waals surface area contributed by atoms with Crippen LogP contribution in [-0.4, -0.2) is 6.09 Å². The molecule has 2 aromatic rings. The van der Waals surface area contributed by atoms with E-state index in [1.165, 1.54) is 0 Å². The summed E-state index contributed by atoms with van der Waals surface area (Å²) in [6, 6.07) is 16.7. The van der Waals surface area contributed by atoms with Gasteiger partial charge in [-0.05, 0) is 19.1 Å². The van der Waals surface area contributed by atoms with E-state index in [2.05, 4.69) is 10.2 Å². The van der Waals surface area contributed by atoms with Crippen molar-refractivity contribution >= 4 is 11.8 Å². The summed E-state index contributed by atoms with van der Waals surface area (Å²) in [5.74, 6) is 0. The Morgan fingerprint density at radius 2 is 1.75 bits per heavy atom. The number of hydrogen-bond donors (Lipinski definition) is 1. The number of amides is 1. The fourth-order valence-corrected chi connectivity index (χ4v) is 1.61. The van der Waals surface area contributed by atoms with Crippen LogP contribution in [0.2, 0.25) is 0 Å². The predicted molar refractivity (Wildman–Crippen MR) is 75.5 cm³/mol. The van der Waals surface area contributed by atoms with E-state index in [1.807, 2.05) is 49.4 Å². The van der Waals surface area contributed by atoms with Crippen LogP contribution in [0.15, 0.2) is 64.8 Å². The number of aryl methyl sites for hydroxylation is 1. The molecule has 2 aromatic carbocycles. The van der Waals surface area contributed by atoms with Crippen molar-refractivity contribution in [1.29, 1.82) is 0 Å². The summed E-state index contributed by atoms with van der Waals surface area (Å²) in [6.07, 6.45) is -1.73. The van der Waals surface area contributed by atoms with Crippen LogP contribution in [0, 0.1) is 6.92 Å². The van der Waals surface area contributed by atoms with Gasteiger partial charge < -0.3 is 10.5 Å². The first-order valence-corrected chi connectivity index (χ1v) is 6.14. The molecule has 2 rings (SSSR count). The van der Waals surface area contributed by atoms with Crippen molar-refractivity contribution < 1.29 is 9.53 Å². The number of carbonyl (C=O) groups excluding carboxylic acids is 1. The Kier molecular flexibility index (Phi) is 4.44. The number of primary amides is 1. The van der Waals surface area contributed by atoms with Gasteiger partial charge in [0.05, 0.1) is 5.69 Å². The molecule has 102 valence electrons. The topological polar surface area (TPSA) is 77.0 Å². The van der Waals surface area contributed by atoms with Gasteiger partial charge in [0.1, 0.15) is 0 Å². The summed E-state index contributed by atoms with van der Waals surface area (Å²) < 4.78 is 4.98. The Bertz CT molecular complexity index is 594. The molecule has 1 amide bonds. The number of hydrogen-bond acceptors (Lipinski definition) is 4. The van der Waals surface area contributed by atoms with Gasteiger partial charge in [0.2, 0.25) is 6.23 Å². The highest BCUT2D eigenvalue weighted by molar-refractivity contribution is 5.65. The van der Waals surface area contributed by atoms with Crippen molar-refractivity contribution in [2.24, 2.45) is 16.0 Å². The van der Waals surface area contributed by atoms with Crippen LogP contribution < -0.4 is 5.73 Å². The highest BCUT2D eigenvalue weighted by Crippen LogP contribution is 2.22. The van der Waals surface area contributed by atoms with E-state index < -0.39 is 12.3 Å². The van der Waals surface area contributed by atoms with E-state index in [1.54, 1.807) is 12.1 Å². The van der Waals surface area contributed by atoms with E-state index in [0.29, 0.717) is 11.3 Å². The molecule has 5 nitrogen and oxygen atoms in total. The number of ether oxygens (including phenoxy) is 1. The van der Waals surface area contributed by atoms with Crippen LogP contribution >= 0.6 is 0 Å². The van der Waals surface area contributed by atoms with E-state index in [4.69, 9.17) is 10.5 Å². The lowest BCUT2D eigenvalue weighted by molar-refractivity contribution is 0.108. The maximum atomic E-state index is 11.0. The minimum absolute atomic E-state index is 0.678. The lowest BCUT2D eigenvalue weighted by Crippen LogP contribution is -2.16. The summed E-state index contributed by atoms with van der Waals surface area (Å²) in [4.78, 5) is 11.0. The van der Waals surface area contributed by atoms with Crippen molar-refractivity contribution in [1.82, 2.24) is 0 Å². The third-order valence-corrected chi connectivity index (χ3v) is 2.62. The highest BCUT2D eigenvalue weighted by Gasteiger charge is 2.13. The minimum Gasteiger partial charge on any atom is -0.418 e. The maximum Gasteiger partial charge on any atom is 0.406 e. The van der Waals surface area contributed by atoms with Crippen molar-refractivity contribution in [2.45, 2.75) is 13.2 Å². The monoisotopic (exact) mass is 269 g/mol. The maximum absolute atomic E-state index is 11.0. The fourth-order valence-electron chi connectivity index (χ4n) is 1.61. The minimum atomic E-state index is -0.886. The van der Waals surface area contributed by atoms with E-state index >= 15 is 0 Å². The Morgan fingerprint density at radius 1 is 1.10 bits per heavy atom. The van der Waals surface area contributed by atoms with Crippen LogP contribution in [-0.2, 0) is 4.74 Å². The predicted octanol–water partition coefficient (Wildman–Crippen LogP) is 3.87. The van der Waals surface area contributed by atoms with Gasteiger partial charge >= 0.3 is 6.09 Å². The normalized spacial score (nSPS) is 12.2. The number of nitrogens with zero attached hydrogens (tertiary/aromatic N) is 2. The van der Waals surface area contributed by atoms with Crippen LogP contribution in [0.25, 0.3) is 0 Å². The van der Waals surface area contributed by atoms with Gasteiger partial charge in [-0.25, -0.2) is 4.79 Å². The van der Waals surface area contributed by atoms with Crippen LogP contribution in [0.3, 0.4) is 0 Å². The summed E-state index contributed by atoms with van der Waals surface area (Å²) in [7, 11) is 0. The average molecular weight is 269 g/mol. The molecule has 0 saturated carbocycles. The molecule has 0 aliphatic carbocycles. The van der Waals surface area contributed by atoms with Gasteiger partial charge in [0.25, 0.3) is 0 Å². The third kappa shape index (κ3) is 3.91. The van der Waals surface area contributed by atoms with Gasteiger partial charge in [0.15, 0.2) is 0 Å². The first-order valence-electron chi connectivity index (χ1n) is 6.14. The Morgan fingerprint density at radius 3 is 2.35 bits per heavy atom. The zero-order chi connectivity index (χ0) is 14.4. The number of azo groups is 1. The van der Waals surface area contributed by atoms with Crippen LogP contribution in [0.1, 0.15) is 17.4 Å². The Labute approximate surface area is 117 Å². The fraction of sp³-hybridized carbons (Fsp3) is 0.133. The molecular formula is C15H15N3O2. The highest BCUT2D eigenvalue weighted by atomic mass is 16.6. The molecule has 20 heavy (non-hydrogen) atoms. The summed E-state index contributed by atoms with van der Waals surface area (Å²) >= 11 is 0. The molecule has 5 heteroatoms. The molecule has 0 heterocycles. The van der Waals surface area contributed by atoms with Gasteiger partial charge in [0, 0.05) is 5.56 Å². The second-order valence-corrected chi connectivity index (χ2v) is 4.25. The largest absolute Gasteiger partial charge is 0.418 e. The van der Waals surface area contributed by atoms with Crippen LogP contribution in [0.4, 0.5) is 10.5 Å². The van der Waals surface area contributed by atoms with Crippen LogP contribution in [0.5, 0.6) is 0 Å². The second-order valence-electron chi connectivity index (χ2n) is 4.25. The smallest absolute Gasteiger partial charge is 0.406 e. The zero-order valence-corrected chi connectivity index (χ0v) is 11.1. The van der Waals surface area contributed by atoms with Gasteiger partial charge in [-0.1, -0.05) is 48.0 Å². The first kappa shape index (κ1) is 13.7. The standard InChI is InChI=1S/C15H15N3O2/c1-11-7-9-12(10-8-11)14(20-15(16)19)18-17-13-5-3-2-4-6-13/h2-10,14H,1H3,(H2,16,19). The van der Waals surface area contributed by atoms with E-state index in [0.717, 1.165) is 5.56 Å². The lowest BCUT2D eigenvalue weighted by atomic mass is 10.1. The molecule has 0 radical (unpaired) electrons. The van der Waals surface area contributed by atoms with Crippen molar-refractivity contribution in [3.05, 3.63) is 65.7 Å². The first-order chi connectivity index (χ1) is 9.65. The average Bonchev–Trinajstić information content (AvgIpc) is 2.45. The molecular weight excluding hydrogens is 254 g/mol. The SMILES string of the molecule is Cc1ccc(C(N=Nc2ccccc2)OC(N)=O)cc1. The van der Waals surface area contributed by atoms with Gasteiger partial charge in [-0.15, -0.1) is 5.11 Å². The molecule has 0 aliphatic heterocycles. The number of benzene rings is 2. The van der Waals surface area contributed by atoms with Gasteiger partial charge in [-0.3, -0.25) is 0 Å². The van der Waals surface area contributed by atoms with E-state index in [9.17, 15) is 4.79 Å². The number of carbonyl (C=O) groups is 1. The third-order valence-electron chi connectivity index (χ3n) is 2.62. The molecule has 0 saturated heterocycles. The molecule has 0 fully saturated rings. The van der Waals surface area contributed by atoms with Crippen molar-refractivity contribution in [3.63, 3.8) is 0 Å². The molecule has 2 N–H and O–H groups in total. The molecule has 0 bridgehead atoms. The summed E-state index contributed by atoms with van der Waals surface area (Å²) in [5, 5.41) is 8.09. The van der Waals surface area contributed by atoms with Gasteiger partial charge in [-0.2, -0.15) is 5.11 Å². The number of nitrogens with two attached hydrogens (primary N) is 1. The number of rotatable bonds is 4. The Balaban J connectivity index is 2.21. The summed E-state index contributed by atoms with van der Waals surface area (Å²) in [6.45, 7) is 1.97.